The van der Waals surface area contributed by atoms with Crippen molar-refractivity contribution in [3.8, 4) is 0 Å². The lowest BCUT2D eigenvalue weighted by molar-refractivity contribution is 0.372. The molecule has 1 aromatic carbocycles. The Morgan fingerprint density at radius 1 is 1.37 bits per heavy atom. The van der Waals surface area contributed by atoms with Gasteiger partial charge in [-0.1, -0.05) is 25.8 Å². The molecule has 0 bridgehead atoms. The van der Waals surface area contributed by atoms with Gasteiger partial charge >= 0.3 is 0 Å². The van der Waals surface area contributed by atoms with Gasteiger partial charge in [0, 0.05) is 29.6 Å². The van der Waals surface area contributed by atoms with E-state index in [0.29, 0.717) is 28.8 Å². The Hall–Kier alpha value is -1.91. The molecule has 0 saturated carbocycles. The van der Waals surface area contributed by atoms with Gasteiger partial charge in [0.05, 0.1) is 17.9 Å². The minimum atomic E-state index is -1.04. The van der Waals surface area contributed by atoms with Gasteiger partial charge in [0.25, 0.3) is 0 Å². The van der Waals surface area contributed by atoms with Crippen LogP contribution in [0, 0.1) is 0 Å². The van der Waals surface area contributed by atoms with Crippen LogP contribution in [0.2, 0.25) is 0 Å². The summed E-state index contributed by atoms with van der Waals surface area (Å²) in [5.74, 6) is 1.33. The largest absolute Gasteiger partial charge is 0.388 e. The fourth-order valence-corrected chi connectivity index (χ4v) is 6.71. The summed E-state index contributed by atoms with van der Waals surface area (Å²) in [5.41, 5.74) is 10.9. The fourth-order valence-electron chi connectivity index (χ4n) is 4.27. The number of benzene rings is 1. The van der Waals surface area contributed by atoms with Crippen LogP contribution >= 0.6 is 40.2 Å². The molecule has 2 heterocycles. The fraction of sp³-hybridized carbons (Fsp3) is 0.444. The predicted octanol–water partition coefficient (Wildman–Crippen LogP) is 7.98. The highest BCUT2D eigenvalue weighted by molar-refractivity contribution is 14.2. The minimum Gasteiger partial charge on any atom is -0.388 e. The van der Waals surface area contributed by atoms with Crippen LogP contribution in [0.15, 0.2) is 50.9 Å². The molecule has 0 amide bonds. The molecule has 2 atom stereocenters. The van der Waals surface area contributed by atoms with Crippen LogP contribution in [-0.2, 0) is 6.42 Å². The highest BCUT2D eigenvalue weighted by Gasteiger charge is 2.20. The van der Waals surface area contributed by atoms with E-state index in [-0.39, 0.29) is 12.9 Å². The van der Waals surface area contributed by atoms with Gasteiger partial charge in [-0.25, -0.2) is 14.4 Å². The number of aryl methyl sites for hydroxylation is 1. The van der Waals surface area contributed by atoms with Crippen LogP contribution < -0.4 is 21.0 Å². The second kappa shape index (κ2) is 15.6. The van der Waals surface area contributed by atoms with Gasteiger partial charge in [0.2, 0.25) is 0 Å². The molecule has 2 aromatic rings. The number of nitrogens with two attached hydrogens (primary N) is 1. The monoisotopic (exact) mass is 669 g/mol. The molecule has 1 saturated heterocycles. The van der Waals surface area contributed by atoms with Crippen LogP contribution in [0.25, 0.3) is 0 Å². The van der Waals surface area contributed by atoms with Crippen molar-refractivity contribution in [1.82, 2.24) is 10.3 Å². The van der Waals surface area contributed by atoms with Gasteiger partial charge in [-0.15, -0.1) is 11.8 Å². The van der Waals surface area contributed by atoms with Crippen LogP contribution in [0.1, 0.15) is 51.5 Å². The quantitative estimate of drug-likeness (QED) is 0.0699. The number of nitrogens with one attached hydrogen (secondary N) is 2. The topological polar surface area (TPSA) is 90.9 Å². The number of hydrogen-bond acceptors (Lipinski definition) is 7. The van der Waals surface area contributed by atoms with E-state index in [1.807, 2.05) is 16.8 Å². The Labute approximate surface area is 245 Å². The Morgan fingerprint density at radius 2 is 2.18 bits per heavy atom. The van der Waals surface area contributed by atoms with E-state index in [1.165, 1.54) is 12.0 Å². The molecular formula is C27H38FIN7PS. The molecule has 4 N–H and O–H groups in total. The first-order valence-electron chi connectivity index (χ1n) is 12.9. The summed E-state index contributed by atoms with van der Waals surface area (Å²) < 4.78 is 16.0. The van der Waals surface area contributed by atoms with Crippen LogP contribution in [0.5, 0.6) is 0 Å². The maximum Gasteiger partial charge on any atom is 0.162 e. The summed E-state index contributed by atoms with van der Waals surface area (Å²) in [6.07, 6.45) is 9.72. The first-order chi connectivity index (χ1) is 18.4. The number of alkyl halides is 1. The van der Waals surface area contributed by atoms with E-state index in [9.17, 15) is 4.39 Å². The van der Waals surface area contributed by atoms with Crippen molar-refractivity contribution in [2.75, 3.05) is 29.3 Å². The normalized spacial score (nSPS) is 16.3. The van der Waals surface area contributed by atoms with Crippen molar-refractivity contribution in [2.24, 2.45) is 15.7 Å². The van der Waals surface area contributed by atoms with Gasteiger partial charge in [0.1, 0.15) is 17.7 Å². The summed E-state index contributed by atoms with van der Waals surface area (Å²) >= 11 is 3.92. The molecule has 0 aliphatic carbocycles. The SMILES string of the molecule is C=Nc1c(Nc2ccc(CCC)cc2SC)cc(N=C(N)/C=C2/CCCCCN2)nc1N(CC(C)F)PI. The number of halogens is 2. The van der Waals surface area contributed by atoms with E-state index in [1.54, 1.807) is 18.7 Å². The van der Waals surface area contributed by atoms with E-state index in [2.05, 4.69) is 80.8 Å². The summed E-state index contributed by atoms with van der Waals surface area (Å²) in [5, 5.41) is 6.98. The molecule has 3 rings (SSSR count). The van der Waals surface area contributed by atoms with Crippen molar-refractivity contribution >= 4 is 81.4 Å². The summed E-state index contributed by atoms with van der Waals surface area (Å²) in [6.45, 7) is 8.66. The second-order valence-corrected chi connectivity index (χ2v) is 12.2. The zero-order valence-corrected chi connectivity index (χ0v) is 26.3. The minimum absolute atomic E-state index is 0.189. The molecule has 206 valence electrons. The van der Waals surface area contributed by atoms with E-state index in [0.717, 1.165) is 54.9 Å². The molecule has 1 aliphatic heterocycles. The Morgan fingerprint density at radius 3 is 2.87 bits per heavy atom. The average molecular weight is 670 g/mol. The molecule has 0 radical (unpaired) electrons. The Balaban J connectivity index is 2.09. The molecule has 7 nitrogen and oxygen atoms in total. The molecule has 2 unspecified atom stereocenters. The maximum absolute atomic E-state index is 14.1. The number of pyridine rings is 1. The smallest absolute Gasteiger partial charge is 0.162 e. The predicted molar refractivity (Wildman–Crippen MR) is 175 cm³/mol. The van der Waals surface area contributed by atoms with Crippen molar-refractivity contribution in [2.45, 2.75) is 63.4 Å². The number of aliphatic imine (C=N–C) groups is 2. The maximum atomic E-state index is 14.1. The van der Waals surface area contributed by atoms with Crippen molar-refractivity contribution in [1.29, 1.82) is 0 Å². The molecule has 1 fully saturated rings. The molecule has 0 spiro atoms. The standard InChI is InChI=1S/C27H38FIN7PS/c1-5-9-19-11-12-21(23(14-19)38-4)33-22-16-25(34-24(30)15-20-10-7-6-8-13-32-20)35-27(26(22)31-3)36(37-29)17-18(2)28/h11-12,14-16,18,32,37H,3,5-10,13,17H2,1-2,4H3,(H3,30,33,34,35)/b20-15-. The zero-order valence-electron chi connectivity index (χ0n) is 22.4. The van der Waals surface area contributed by atoms with E-state index < -0.39 is 6.17 Å². The number of thioether (sulfide) groups is 1. The third-order valence-electron chi connectivity index (χ3n) is 6.03. The highest BCUT2D eigenvalue weighted by atomic mass is 127. The first-order valence-corrected chi connectivity index (χ1v) is 18.2. The Bertz CT molecular complexity index is 1150. The second-order valence-electron chi connectivity index (χ2n) is 9.19. The molecule has 11 heteroatoms. The number of anilines is 3. The van der Waals surface area contributed by atoms with Gasteiger partial charge in [0.15, 0.2) is 11.6 Å². The number of nitrogens with zero attached hydrogens (tertiary/aromatic N) is 4. The van der Waals surface area contributed by atoms with E-state index >= 15 is 0 Å². The van der Waals surface area contributed by atoms with Crippen molar-refractivity contribution in [3.63, 3.8) is 0 Å². The third kappa shape index (κ3) is 8.81. The number of aromatic nitrogens is 1. The van der Waals surface area contributed by atoms with E-state index in [4.69, 9.17) is 10.7 Å². The number of hydrogen-bond donors (Lipinski definition) is 3. The van der Waals surface area contributed by atoms with Gasteiger partial charge in [-0.3, -0.25) is 4.99 Å². The lowest BCUT2D eigenvalue weighted by Crippen LogP contribution is -2.21. The Kier molecular flexibility index (Phi) is 12.6. The number of allylic oxidation sites excluding steroid dienone is 1. The molecule has 1 aromatic heterocycles. The van der Waals surface area contributed by atoms with Crippen molar-refractivity contribution in [3.05, 3.63) is 41.6 Å². The lowest BCUT2D eigenvalue weighted by atomic mass is 10.1. The molecule has 1 aliphatic rings. The molecule has 38 heavy (non-hydrogen) atoms. The number of rotatable bonds is 12. The van der Waals surface area contributed by atoms with Gasteiger partial charge < -0.3 is 21.0 Å². The van der Waals surface area contributed by atoms with Crippen molar-refractivity contribution < 1.29 is 4.39 Å². The van der Waals surface area contributed by atoms with Gasteiger partial charge in [-0.2, -0.15) is 0 Å². The summed E-state index contributed by atoms with van der Waals surface area (Å²) in [4.78, 5) is 14.9. The zero-order chi connectivity index (χ0) is 27.5. The van der Waals surface area contributed by atoms with Crippen LogP contribution in [0.3, 0.4) is 0 Å². The lowest BCUT2D eigenvalue weighted by Gasteiger charge is -2.24. The summed E-state index contributed by atoms with van der Waals surface area (Å²) in [7, 11) is 0. The van der Waals surface area contributed by atoms with Crippen LogP contribution in [0.4, 0.5) is 33.1 Å². The third-order valence-corrected chi connectivity index (χ3v) is 9.15. The highest BCUT2D eigenvalue weighted by Crippen LogP contribution is 2.45. The average Bonchev–Trinajstić information content (AvgIpc) is 3.16. The summed E-state index contributed by atoms with van der Waals surface area (Å²) in [6, 6.07) is 8.27. The number of amidine groups is 1. The van der Waals surface area contributed by atoms with Gasteiger partial charge in [-0.05, 0) is 91.4 Å². The van der Waals surface area contributed by atoms with Crippen LogP contribution in [-0.4, -0.2) is 43.1 Å². The molecular weight excluding hydrogens is 631 g/mol. The first kappa shape index (κ1) is 30.6.